The standard InChI is InChI=1S/C12H18N2O2/c1-14(9-10-4-2-7-16-10)11(15)8-12(13)5-3-6-12/h2,4,7H,3,5-6,8-9,13H2,1H3. The monoisotopic (exact) mass is 222 g/mol. The molecule has 1 heterocycles. The molecule has 0 atom stereocenters. The summed E-state index contributed by atoms with van der Waals surface area (Å²) in [7, 11) is 1.78. The molecule has 0 spiro atoms. The minimum Gasteiger partial charge on any atom is -0.467 e. The molecule has 2 rings (SSSR count). The van der Waals surface area contributed by atoms with Gasteiger partial charge in [0.05, 0.1) is 12.8 Å². The highest BCUT2D eigenvalue weighted by atomic mass is 16.3. The summed E-state index contributed by atoms with van der Waals surface area (Å²) in [6.07, 6.45) is 5.14. The third-order valence-electron chi connectivity index (χ3n) is 3.25. The fraction of sp³-hybridized carbons (Fsp3) is 0.583. The number of amides is 1. The first-order valence-electron chi connectivity index (χ1n) is 5.64. The van der Waals surface area contributed by atoms with Crippen molar-refractivity contribution in [1.82, 2.24) is 4.90 Å². The van der Waals surface area contributed by atoms with Crippen LogP contribution in [0.15, 0.2) is 22.8 Å². The predicted octanol–water partition coefficient (Wildman–Crippen LogP) is 1.51. The van der Waals surface area contributed by atoms with Crippen LogP contribution in [0.1, 0.15) is 31.4 Å². The fourth-order valence-electron chi connectivity index (χ4n) is 1.97. The Morgan fingerprint density at radius 2 is 2.38 bits per heavy atom. The van der Waals surface area contributed by atoms with Gasteiger partial charge in [-0.2, -0.15) is 0 Å². The lowest BCUT2D eigenvalue weighted by Crippen LogP contribution is -2.50. The summed E-state index contributed by atoms with van der Waals surface area (Å²) in [6, 6.07) is 3.69. The number of furan rings is 1. The number of rotatable bonds is 4. The van der Waals surface area contributed by atoms with Gasteiger partial charge >= 0.3 is 0 Å². The molecule has 1 aliphatic carbocycles. The molecule has 0 bridgehead atoms. The average molecular weight is 222 g/mol. The van der Waals surface area contributed by atoms with E-state index < -0.39 is 0 Å². The fourth-order valence-corrected chi connectivity index (χ4v) is 1.97. The van der Waals surface area contributed by atoms with E-state index in [0.29, 0.717) is 13.0 Å². The van der Waals surface area contributed by atoms with E-state index in [0.717, 1.165) is 25.0 Å². The van der Waals surface area contributed by atoms with Crippen molar-refractivity contribution >= 4 is 5.91 Å². The van der Waals surface area contributed by atoms with Gasteiger partial charge < -0.3 is 15.1 Å². The molecule has 0 radical (unpaired) electrons. The molecule has 16 heavy (non-hydrogen) atoms. The van der Waals surface area contributed by atoms with Crippen LogP contribution in [0.2, 0.25) is 0 Å². The average Bonchev–Trinajstić information content (AvgIpc) is 2.68. The van der Waals surface area contributed by atoms with Gasteiger partial charge in [-0.15, -0.1) is 0 Å². The van der Waals surface area contributed by atoms with E-state index in [4.69, 9.17) is 10.2 Å². The Kier molecular flexibility index (Phi) is 3.01. The van der Waals surface area contributed by atoms with Crippen molar-refractivity contribution < 1.29 is 9.21 Å². The third kappa shape index (κ3) is 2.44. The Balaban J connectivity index is 1.84. The molecule has 2 N–H and O–H groups in total. The number of carbonyl (C=O) groups excluding carboxylic acids is 1. The normalized spacial score (nSPS) is 17.9. The lowest BCUT2D eigenvalue weighted by atomic mass is 9.75. The highest BCUT2D eigenvalue weighted by molar-refractivity contribution is 5.77. The van der Waals surface area contributed by atoms with Crippen LogP contribution in [0.25, 0.3) is 0 Å². The maximum Gasteiger partial charge on any atom is 0.224 e. The van der Waals surface area contributed by atoms with Crippen LogP contribution < -0.4 is 5.73 Å². The molecule has 1 saturated carbocycles. The Hall–Kier alpha value is -1.29. The van der Waals surface area contributed by atoms with Crippen LogP contribution in [-0.4, -0.2) is 23.4 Å². The smallest absolute Gasteiger partial charge is 0.224 e. The molecule has 1 aliphatic rings. The number of hydrogen-bond acceptors (Lipinski definition) is 3. The van der Waals surface area contributed by atoms with Gasteiger partial charge in [0.2, 0.25) is 5.91 Å². The zero-order valence-electron chi connectivity index (χ0n) is 9.61. The molecule has 1 fully saturated rings. The maximum atomic E-state index is 11.9. The van der Waals surface area contributed by atoms with Gasteiger partial charge in [0, 0.05) is 19.0 Å². The predicted molar refractivity (Wildman–Crippen MR) is 60.6 cm³/mol. The molecule has 4 nitrogen and oxygen atoms in total. The van der Waals surface area contributed by atoms with Crippen LogP contribution in [0.3, 0.4) is 0 Å². The van der Waals surface area contributed by atoms with E-state index in [-0.39, 0.29) is 11.4 Å². The molecule has 1 amide bonds. The van der Waals surface area contributed by atoms with E-state index in [1.165, 1.54) is 0 Å². The topological polar surface area (TPSA) is 59.5 Å². The number of nitrogens with zero attached hydrogens (tertiary/aromatic N) is 1. The summed E-state index contributed by atoms with van der Waals surface area (Å²) in [5, 5.41) is 0. The zero-order chi connectivity index (χ0) is 11.6. The summed E-state index contributed by atoms with van der Waals surface area (Å²) < 4.78 is 5.20. The third-order valence-corrected chi connectivity index (χ3v) is 3.25. The minimum atomic E-state index is -0.242. The highest BCUT2D eigenvalue weighted by Crippen LogP contribution is 2.32. The molecule has 88 valence electrons. The number of hydrogen-bond donors (Lipinski definition) is 1. The molecular weight excluding hydrogens is 204 g/mol. The first-order valence-corrected chi connectivity index (χ1v) is 5.64. The molecule has 0 saturated heterocycles. The number of nitrogens with two attached hydrogens (primary N) is 1. The molecule has 0 unspecified atom stereocenters. The van der Waals surface area contributed by atoms with Gasteiger partial charge in [-0.25, -0.2) is 0 Å². The van der Waals surface area contributed by atoms with Gasteiger partial charge in [0.15, 0.2) is 0 Å². The SMILES string of the molecule is CN(Cc1ccco1)C(=O)CC1(N)CCC1. The summed E-state index contributed by atoms with van der Waals surface area (Å²) in [6.45, 7) is 0.516. The van der Waals surface area contributed by atoms with Gasteiger partial charge in [-0.3, -0.25) is 4.79 Å². The van der Waals surface area contributed by atoms with E-state index in [1.54, 1.807) is 18.2 Å². The second-order valence-corrected chi connectivity index (χ2v) is 4.72. The van der Waals surface area contributed by atoms with Crippen LogP contribution in [-0.2, 0) is 11.3 Å². The molecule has 4 heteroatoms. The first kappa shape index (κ1) is 11.2. The highest BCUT2D eigenvalue weighted by Gasteiger charge is 2.35. The summed E-state index contributed by atoms with van der Waals surface area (Å²) in [5.41, 5.74) is 5.80. The summed E-state index contributed by atoms with van der Waals surface area (Å²) in [5.74, 6) is 0.897. The van der Waals surface area contributed by atoms with Crippen molar-refractivity contribution in [1.29, 1.82) is 0 Å². The van der Waals surface area contributed by atoms with Crippen molar-refractivity contribution in [3.63, 3.8) is 0 Å². The first-order chi connectivity index (χ1) is 7.59. The van der Waals surface area contributed by atoms with E-state index in [9.17, 15) is 4.79 Å². The molecule has 1 aromatic rings. The summed E-state index contributed by atoms with van der Waals surface area (Å²) >= 11 is 0. The molecule has 1 aromatic heterocycles. The Bertz CT molecular complexity index is 355. The van der Waals surface area contributed by atoms with Gasteiger partial charge in [0.25, 0.3) is 0 Å². The lowest BCUT2D eigenvalue weighted by molar-refractivity contribution is -0.132. The van der Waals surface area contributed by atoms with Crippen LogP contribution >= 0.6 is 0 Å². The largest absolute Gasteiger partial charge is 0.467 e. The van der Waals surface area contributed by atoms with Gasteiger partial charge in [0.1, 0.15) is 5.76 Å². The van der Waals surface area contributed by atoms with Crippen molar-refractivity contribution in [3.8, 4) is 0 Å². The van der Waals surface area contributed by atoms with Crippen molar-refractivity contribution in [3.05, 3.63) is 24.2 Å². The zero-order valence-corrected chi connectivity index (χ0v) is 9.61. The number of carbonyl (C=O) groups is 1. The molecular formula is C12H18N2O2. The molecule has 0 aliphatic heterocycles. The second-order valence-electron chi connectivity index (χ2n) is 4.72. The quantitative estimate of drug-likeness (QED) is 0.840. The maximum absolute atomic E-state index is 11.9. The minimum absolute atomic E-state index is 0.0959. The van der Waals surface area contributed by atoms with Gasteiger partial charge in [-0.05, 0) is 31.4 Å². The van der Waals surface area contributed by atoms with E-state index in [2.05, 4.69) is 0 Å². The van der Waals surface area contributed by atoms with E-state index in [1.807, 2.05) is 12.1 Å². The van der Waals surface area contributed by atoms with Crippen molar-refractivity contribution in [2.45, 2.75) is 37.8 Å². The molecule has 0 aromatic carbocycles. The van der Waals surface area contributed by atoms with E-state index >= 15 is 0 Å². The Morgan fingerprint density at radius 3 is 2.88 bits per heavy atom. The van der Waals surface area contributed by atoms with Gasteiger partial charge in [-0.1, -0.05) is 0 Å². The second kappa shape index (κ2) is 4.29. The van der Waals surface area contributed by atoms with Crippen LogP contribution in [0, 0.1) is 0 Å². The lowest BCUT2D eigenvalue weighted by Gasteiger charge is -2.38. The van der Waals surface area contributed by atoms with Crippen LogP contribution in [0.5, 0.6) is 0 Å². The van der Waals surface area contributed by atoms with Crippen molar-refractivity contribution in [2.24, 2.45) is 5.73 Å². The summed E-state index contributed by atoms with van der Waals surface area (Å²) in [4.78, 5) is 13.6. The van der Waals surface area contributed by atoms with Crippen molar-refractivity contribution in [2.75, 3.05) is 7.05 Å². The van der Waals surface area contributed by atoms with Crippen LogP contribution in [0.4, 0.5) is 0 Å². The Labute approximate surface area is 95.4 Å². The Morgan fingerprint density at radius 1 is 1.62 bits per heavy atom.